The van der Waals surface area contributed by atoms with Crippen LogP contribution in [0.15, 0.2) is 30.3 Å². The van der Waals surface area contributed by atoms with Crippen molar-refractivity contribution in [3.8, 4) is 0 Å². The van der Waals surface area contributed by atoms with Crippen LogP contribution in [0.5, 0.6) is 0 Å². The van der Waals surface area contributed by atoms with E-state index in [9.17, 15) is 14.0 Å². The fourth-order valence-electron chi connectivity index (χ4n) is 1.93. The maximum atomic E-state index is 13.4. The lowest BCUT2D eigenvalue weighted by atomic mass is 10.2. The summed E-state index contributed by atoms with van der Waals surface area (Å²) in [6.45, 7) is 1.72. The number of nitrogens with one attached hydrogen (secondary N) is 2. The Balaban J connectivity index is 1.91. The SMILES string of the molecule is CO[C@@H](CNC(=O)C(=O)Nc1ccc(C)c(F)c1)c1ccc(Cl)s1. The average Bonchev–Trinajstić information content (AvgIpc) is 2.97. The number of rotatable bonds is 5. The maximum absolute atomic E-state index is 13.4. The molecule has 0 saturated carbocycles. The average molecular weight is 371 g/mol. The molecule has 0 aliphatic heterocycles. The topological polar surface area (TPSA) is 67.4 Å². The molecule has 2 amide bonds. The number of ether oxygens (including phenoxy) is 1. The molecule has 2 N–H and O–H groups in total. The molecule has 1 aromatic heterocycles. The van der Waals surface area contributed by atoms with Crippen LogP contribution in [0.1, 0.15) is 16.5 Å². The molecule has 0 aliphatic carbocycles. The smallest absolute Gasteiger partial charge is 0.313 e. The van der Waals surface area contributed by atoms with Crippen molar-refractivity contribution in [1.82, 2.24) is 5.32 Å². The molecule has 0 unspecified atom stereocenters. The van der Waals surface area contributed by atoms with Gasteiger partial charge in [-0.05, 0) is 36.8 Å². The van der Waals surface area contributed by atoms with Crippen LogP contribution < -0.4 is 10.6 Å². The number of carbonyl (C=O) groups is 2. The molecule has 0 bridgehead atoms. The summed E-state index contributed by atoms with van der Waals surface area (Å²) in [5.74, 6) is -2.17. The van der Waals surface area contributed by atoms with Gasteiger partial charge in [0.1, 0.15) is 11.9 Å². The minimum Gasteiger partial charge on any atom is -0.374 e. The summed E-state index contributed by atoms with van der Waals surface area (Å²) in [4.78, 5) is 24.5. The first-order valence-electron chi connectivity index (χ1n) is 7.04. The van der Waals surface area contributed by atoms with E-state index in [1.807, 2.05) is 0 Å². The van der Waals surface area contributed by atoms with Crippen molar-refractivity contribution in [2.24, 2.45) is 0 Å². The lowest BCUT2D eigenvalue weighted by molar-refractivity contribution is -0.136. The second-order valence-electron chi connectivity index (χ2n) is 4.99. The lowest BCUT2D eigenvalue weighted by Gasteiger charge is -2.14. The van der Waals surface area contributed by atoms with Gasteiger partial charge >= 0.3 is 11.8 Å². The molecule has 0 saturated heterocycles. The molecule has 5 nitrogen and oxygen atoms in total. The number of thiophene rings is 1. The van der Waals surface area contributed by atoms with Gasteiger partial charge in [-0.3, -0.25) is 9.59 Å². The third-order valence-corrected chi connectivity index (χ3v) is 4.60. The van der Waals surface area contributed by atoms with Crippen molar-refractivity contribution >= 4 is 40.4 Å². The number of amides is 2. The Morgan fingerprint density at radius 2 is 2.04 bits per heavy atom. The molecular weight excluding hydrogens is 355 g/mol. The van der Waals surface area contributed by atoms with Gasteiger partial charge in [0, 0.05) is 24.2 Å². The molecular formula is C16H16ClFN2O3S. The fourth-order valence-corrected chi connectivity index (χ4v) is 3.06. The van der Waals surface area contributed by atoms with Crippen molar-refractivity contribution in [2.45, 2.75) is 13.0 Å². The van der Waals surface area contributed by atoms with E-state index in [0.717, 1.165) is 10.9 Å². The van der Waals surface area contributed by atoms with E-state index in [-0.39, 0.29) is 12.2 Å². The first-order valence-corrected chi connectivity index (χ1v) is 8.23. The van der Waals surface area contributed by atoms with E-state index in [4.69, 9.17) is 16.3 Å². The molecule has 1 heterocycles. The van der Waals surface area contributed by atoms with E-state index in [1.54, 1.807) is 19.1 Å². The molecule has 128 valence electrons. The van der Waals surface area contributed by atoms with Crippen molar-refractivity contribution in [3.63, 3.8) is 0 Å². The quantitative estimate of drug-likeness (QED) is 0.793. The van der Waals surface area contributed by atoms with Crippen LogP contribution in [0.2, 0.25) is 4.34 Å². The van der Waals surface area contributed by atoms with E-state index in [1.165, 1.54) is 30.6 Å². The zero-order chi connectivity index (χ0) is 17.7. The predicted molar refractivity (Wildman–Crippen MR) is 91.9 cm³/mol. The third kappa shape index (κ3) is 4.77. The Morgan fingerprint density at radius 1 is 1.29 bits per heavy atom. The summed E-state index contributed by atoms with van der Waals surface area (Å²) in [5.41, 5.74) is 0.668. The van der Waals surface area contributed by atoms with Crippen molar-refractivity contribution in [2.75, 3.05) is 19.0 Å². The number of hydrogen-bond donors (Lipinski definition) is 2. The number of benzene rings is 1. The van der Waals surface area contributed by atoms with Gasteiger partial charge in [0.25, 0.3) is 0 Å². The molecule has 0 aliphatic rings. The minimum atomic E-state index is -0.877. The number of carbonyl (C=O) groups excluding carboxylic acids is 2. The van der Waals surface area contributed by atoms with Crippen molar-refractivity contribution < 1.29 is 18.7 Å². The summed E-state index contributed by atoms with van der Waals surface area (Å²) >= 11 is 7.20. The van der Waals surface area contributed by atoms with E-state index in [2.05, 4.69) is 10.6 Å². The number of hydrogen-bond acceptors (Lipinski definition) is 4. The number of aryl methyl sites for hydroxylation is 1. The highest BCUT2D eigenvalue weighted by Crippen LogP contribution is 2.28. The Hall–Kier alpha value is -1.96. The largest absolute Gasteiger partial charge is 0.374 e. The van der Waals surface area contributed by atoms with Crippen LogP contribution in [0, 0.1) is 12.7 Å². The monoisotopic (exact) mass is 370 g/mol. The molecule has 1 atom stereocenters. The summed E-state index contributed by atoms with van der Waals surface area (Å²) < 4.78 is 19.3. The molecule has 0 fully saturated rings. The van der Waals surface area contributed by atoms with Gasteiger partial charge in [0.05, 0.1) is 4.34 Å². The van der Waals surface area contributed by atoms with Gasteiger partial charge in [-0.1, -0.05) is 17.7 Å². The van der Waals surface area contributed by atoms with E-state index in [0.29, 0.717) is 9.90 Å². The first-order chi connectivity index (χ1) is 11.4. The Labute approximate surface area is 147 Å². The first kappa shape index (κ1) is 18.4. The van der Waals surface area contributed by atoms with Crippen LogP contribution in [0.4, 0.5) is 10.1 Å². The normalized spacial score (nSPS) is 11.8. The fraction of sp³-hybridized carbons (Fsp3) is 0.250. The Kier molecular flexibility index (Phi) is 6.30. The minimum absolute atomic E-state index is 0.113. The Bertz CT molecular complexity index is 751. The highest BCUT2D eigenvalue weighted by molar-refractivity contribution is 7.16. The number of halogens is 2. The highest BCUT2D eigenvalue weighted by Gasteiger charge is 2.18. The Morgan fingerprint density at radius 3 is 2.62 bits per heavy atom. The maximum Gasteiger partial charge on any atom is 0.313 e. The predicted octanol–water partition coefficient (Wildman–Crippen LogP) is 3.29. The standard InChI is InChI=1S/C16H16ClFN2O3S/c1-9-3-4-10(7-11(9)18)20-16(22)15(21)19-8-12(23-2)13-5-6-14(17)24-13/h3-7,12H,8H2,1-2H3,(H,19,21)(H,20,22)/t12-/m0/s1. The van der Waals surface area contributed by atoms with Crippen LogP contribution in [-0.4, -0.2) is 25.5 Å². The van der Waals surface area contributed by atoms with Crippen molar-refractivity contribution in [1.29, 1.82) is 0 Å². The summed E-state index contributed by atoms with van der Waals surface area (Å²) in [5, 5.41) is 4.83. The second kappa shape index (κ2) is 8.23. The second-order valence-corrected chi connectivity index (χ2v) is 6.74. The van der Waals surface area contributed by atoms with Crippen LogP contribution in [0.3, 0.4) is 0 Å². The molecule has 0 spiro atoms. The van der Waals surface area contributed by atoms with Crippen molar-refractivity contribution in [3.05, 3.63) is 50.9 Å². The number of anilines is 1. The molecule has 2 aromatic rings. The van der Waals surface area contributed by atoms with Gasteiger partial charge in [0.15, 0.2) is 0 Å². The third-order valence-electron chi connectivity index (χ3n) is 3.28. The van der Waals surface area contributed by atoms with Crippen LogP contribution in [-0.2, 0) is 14.3 Å². The zero-order valence-electron chi connectivity index (χ0n) is 13.1. The number of methoxy groups -OCH3 is 1. The zero-order valence-corrected chi connectivity index (χ0v) is 14.6. The van der Waals surface area contributed by atoms with E-state index < -0.39 is 23.7 Å². The summed E-state index contributed by atoms with van der Waals surface area (Å²) in [6.07, 6.45) is -0.406. The summed E-state index contributed by atoms with van der Waals surface area (Å²) in [7, 11) is 1.50. The van der Waals surface area contributed by atoms with Gasteiger partial charge in [-0.2, -0.15) is 0 Å². The lowest BCUT2D eigenvalue weighted by Crippen LogP contribution is -2.37. The molecule has 24 heavy (non-hydrogen) atoms. The van der Waals surface area contributed by atoms with Crippen LogP contribution in [0.25, 0.3) is 0 Å². The molecule has 0 radical (unpaired) electrons. The van der Waals surface area contributed by atoms with Crippen LogP contribution >= 0.6 is 22.9 Å². The molecule has 2 rings (SSSR count). The van der Waals surface area contributed by atoms with Gasteiger partial charge in [0.2, 0.25) is 0 Å². The van der Waals surface area contributed by atoms with Gasteiger partial charge in [-0.15, -0.1) is 11.3 Å². The summed E-state index contributed by atoms with van der Waals surface area (Å²) in [6, 6.07) is 7.72. The highest BCUT2D eigenvalue weighted by atomic mass is 35.5. The van der Waals surface area contributed by atoms with Gasteiger partial charge in [-0.25, -0.2) is 4.39 Å². The van der Waals surface area contributed by atoms with Gasteiger partial charge < -0.3 is 15.4 Å². The molecule has 1 aromatic carbocycles. The molecule has 8 heteroatoms. The van der Waals surface area contributed by atoms with E-state index >= 15 is 0 Å².